The van der Waals surface area contributed by atoms with Gasteiger partial charge < -0.3 is 9.47 Å². The number of ketones is 1. The van der Waals surface area contributed by atoms with Gasteiger partial charge in [0.2, 0.25) is 0 Å². The molecule has 120 valence electrons. The van der Waals surface area contributed by atoms with Crippen LogP contribution in [0.15, 0.2) is 24.3 Å². The van der Waals surface area contributed by atoms with Crippen LogP contribution in [0.4, 0.5) is 0 Å². The van der Waals surface area contributed by atoms with Gasteiger partial charge in [-0.15, -0.1) is 0 Å². The quantitative estimate of drug-likeness (QED) is 0.802. The molecule has 4 heteroatoms. The molecule has 2 atom stereocenters. The molecule has 1 aromatic rings. The average Bonchev–Trinajstić information content (AvgIpc) is 2.57. The van der Waals surface area contributed by atoms with Crippen LogP contribution in [0.3, 0.4) is 0 Å². The Morgan fingerprint density at radius 2 is 1.82 bits per heavy atom. The summed E-state index contributed by atoms with van der Waals surface area (Å²) in [7, 11) is 0. The maximum Gasteiger partial charge on any atom is 0.159 e. The zero-order chi connectivity index (χ0) is 15.4. The number of carbonyl (C=O) groups excluding carboxylic acids is 1. The highest BCUT2D eigenvalue weighted by atomic mass is 16.5. The smallest absolute Gasteiger partial charge is 0.159 e. The number of nitrogens with zero attached hydrogens (tertiary/aromatic N) is 1. The van der Waals surface area contributed by atoms with Gasteiger partial charge in [0.1, 0.15) is 11.9 Å². The number of hydrogen-bond donors (Lipinski definition) is 0. The van der Waals surface area contributed by atoms with Crippen molar-refractivity contribution in [3.8, 4) is 5.75 Å². The van der Waals surface area contributed by atoms with Gasteiger partial charge in [-0.3, -0.25) is 9.69 Å². The molecular weight excluding hydrogens is 278 g/mol. The lowest BCUT2D eigenvalue weighted by atomic mass is 9.91. The predicted molar refractivity (Wildman–Crippen MR) is 85.5 cm³/mol. The molecule has 3 rings (SSSR count). The van der Waals surface area contributed by atoms with Gasteiger partial charge in [-0.1, -0.05) is 6.42 Å². The lowest BCUT2D eigenvalue weighted by Crippen LogP contribution is -2.52. The van der Waals surface area contributed by atoms with E-state index >= 15 is 0 Å². The third kappa shape index (κ3) is 3.68. The molecule has 0 spiro atoms. The van der Waals surface area contributed by atoms with E-state index in [9.17, 15) is 4.79 Å². The fourth-order valence-electron chi connectivity index (χ4n) is 3.48. The fraction of sp³-hybridized carbons (Fsp3) is 0.611. The molecule has 2 aliphatic rings. The maximum absolute atomic E-state index is 11.3. The average molecular weight is 303 g/mol. The van der Waals surface area contributed by atoms with E-state index < -0.39 is 0 Å². The van der Waals surface area contributed by atoms with Gasteiger partial charge in [0.15, 0.2) is 5.78 Å². The van der Waals surface area contributed by atoms with Crippen LogP contribution in [0, 0.1) is 0 Å². The molecule has 0 aromatic heterocycles. The third-order valence-electron chi connectivity index (χ3n) is 4.73. The van der Waals surface area contributed by atoms with E-state index in [-0.39, 0.29) is 11.9 Å². The van der Waals surface area contributed by atoms with Gasteiger partial charge >= 0.3 is 0 Å². The summed E-state index contributed by atoms with van der Waals surface area (Å²) in [6.45, 7) is 5.26. The van der Waals surface area contributed by atoms with Crippen molar-refractivity contribution in [2.45, 2.75) is 44.8 Å². The molecule has 0 bridgehead atoms. The Balaban J connectivity index is 1.66. The van der Waals surface area contributed by atoms with Crippen LogP contribution in [0.2, 0.25) is 0 Å². The number of carbonyl (C=O) groups is 1. The van der Waals surface area contributed by atoms with Crippen molar-refractivity contribution < 1.29 is 14.3 Å². The SMILES string of the molecule is CC(=O)c1ccc(OC2CCCCC2N2CCOCC2)cc1. The molecule has 1 heterocycles. The van der Waals surface area contributed by atoms with Gasteiger partial charge in [-0.25, -0.2) is 0 Å². The summed E-state index contributed by atoms with van der Waals surface area (Å²) in [6, 6.07) is 8.03. The van der Waals surface area contributed by atoms with E-state index in [0.29, 0.717) is 6.04 Å². The first-order valence-electron chi connectivity index (χ1n) is 8.33. The highest BCUT2D eigenvalue weighted by Gasteiger charge is 2.32. The lowest BCUT2D eigenvalue weighted by molar-refractivity contribution is -0.0281. The van der Waals surface area contributed by atoms with Crippen molar-refractivity contribution in [2.24, 2.45) is 0 Å². The van der Waals surface area contributed by atoms with Crippen LogP contribution in [0.1, 0.15) is 43.0 Å². The van der Waals surface area contributed by atoms with Crippen LogP contribution < -0.4 is 4.74 Å². The number of Topliss-reactive ketones (excluding diaryl/α,β-unsaturated/α-hetero) is 1. The Morgan fingerprint density at radius 3 is 2.50 bits per heavy atom. The fourth-order valence-corrected chi connectivity index (χ4v) is 3.48. The van der Waals surface area contributed by atoms with E-state index in [4.69, 9.17) is 9.47 Å². The monoisotopic (exact) mass is 303 g/mol. The van der Waals surface area contributed by atoms with Crippen molar-refractivity contribution in [2.75, 3.05) is 26.3 Å². The lowest BCUT2D eigenvalue weighted by Gasteiger charge is -2.41. The molecule has 1 aliphatic carbocycles. The topological polar surface area (TPSA) is 38.8 Å². The molecule has 4 nitrogen and oxygen atoms in total. The van der Waals surface area contributed by atoms with Crippen LogP contribution in [-0.2, 0) is 4.74 Å². The number of morpholine rings is 1. The predicted octanol–water partition coefficient (Wildman–Crippen LogP) is 2.91. The molecule has 1 saturated carbocycles. The van der Waals surface area contributed by atoms with Gasteiger partial charge in [-0.05, 0) is 50.5 Å². The minimum absolute atomic E-state index is 0.0930. The standard InChI is InChI=1S/C18H25NO3/c1-14(20)15-6-8-16(9-7-15)22-18-5-3-2-4-17(18)19-10-12-21-13-11-19/h6-9,17-18H,2-5,10-13H2,1H3. The summed E-state index contributed by atoms with van der Waals surface area (Å²) in [5, 5.41) is 0. The number of hydrogen-bond acceptors (Lipinski definition) is 4. The highest BCUT2D eigenvalue weighted by Crippen LogP contribution is 2.28. The Hall–Kier alpha value is -1.39. The molecule has 22 heavy (non-hydrogen) atoms. The number of ether oxygens (including phenoxy) is 2. The summed E-state index contributed by atoms with van der Waals surface area (Å²) in [5.41, 5.74) is 0.737. The second kappa shape index (κ2) is 7.25. The van der Waals surface area contributed by atoms with Crippen LogP contribution in [0.5, 0.6) is 5.75 Å². The molecule has 2 fully saturated rings. The van der Waals surface area contributed by atoms with Crippen LogP contribution >= 0.6 is 0 Å². The second-order valence-corrected chi connectivity index (χ2v) is 6.24. The Labute approximate surface area is 132 Å². The minimum atomic E-state index is 0.0930. The molecule has 0 amide bonds. The Morgan fingerprint density at radius 1 is 1.14 bits per heavy atom. The molecule has 2 unspecified atom stereocenters. The summed E-state index contributed by atoms with van der Waals surface area (Å²) >= 11 is 0. The second-order valence-electron chi connectivity index (χ2n) is 6.24. The summed E-state index contributed by atoms with van der Waals surface area (Å²) < 4.78 is 11.7. The third-order valence-corrected chi connectivity index (χ3v) is 4.73. The first-order valence-corrected chi connectivity index (χ1v) is 8.33. The van der Waals surface area contributed by atoms with Crippen molar-refractivity contribution in [1.82, 2.24) is 4.90 Å². The van der Waals surface area contributed by atoms with Crippen LogP contribution in [-0.4, -0.2) is 49.1 Å². The van der Waals surface area contributed by atoms with Crippen molar-refractivity contribution in [1.29, 1.82) is 0 Å². The first-order chi connectivity index (χ1) is 10.7. The largest absolute Gasteiger partial charge is 0.489 e. The molecular formula is C18H25NO3. The van der Waals surface area contributed by atoms with Gasteiger partial charge in [-0.2, -0.15) is 0 Å². The van der Waals surface area contributed by atoms with Gasteiger partial charge in [0.25, 0.3) is 0 Å². The maximum atomic E-state index is 11.3. The Bertz CT molecular complexity index is 494. The van der Waals surface area contributed by atoms with Gasteiger partial charge in [0.05, 0.1) is 13.2 Å². The first kappa shape index (κ1) is 15.5. The highest BCUT2D eigenvalue weighted by molar-refractivity contribution is 5.94. The molecule has 0 radical (unpaired) electrons. The van der Waals surface area contributed by atoms with E-state index in [1.807, 2.05) is 24.3 Å². The molecule has 0 N–H and O–H groups in total. The summed E-state index contributed by atoms with van der Waals surface area (Å²) in [6.07, 6.45) is 5.07. The van der Waals surface area contributed by atoms with E-state index in [1.54, 1.807) is 6.92 Å². The minimum Gasteiger partial charge on any atom is -0.489 e. The zero-order valence-electron chi connectivity index (χ0n) is 13.3. The van der Waals surface area contributed by atoms with Crippen LogP contribution in [0.25, 0.3) is 0 Å². The van der Waals surface area contributed by atoms with E-state index in [2.05, 4.69) is 4.90 Å². The van der Waals surface area contributed by atoms with E-state index in [1.165, 1.54) is 19.3 Å². The van der Waals surface area contributed by atoms with Gasteiger partial charge in [0, 0.05) is 24.7 Å². The number of rotatable bonds is 4. The van der Waals surface area contributed by atoms with Crippen molar-refractivity contribution >= 4 is 5.78 Å². The molecule has 1 aliphatic heterocycles. The van der Waals surface area contributed by atoms with Crippen molar-refractivity contribution in [3.63, 3.8) is 0 Å². The normalized spacial score (nSPS) is 26.6. The molecule has 1 aromatic carbocycles. The number of benzene rings is 1. The molecule has 1 saturated heterocycles. The zero-order valence-corrected chi connectivity index (χ0v) is 13.3. The Kier molecular flexibility index (Phi) is 5.11. The van der Waals surface area contributed by atoms with Crippen molar-refractivity contribution in [3.05, 3.63) is 29.8 Å². The summed E-state index contributed by atoms with van der Waals surface area (Å²) in [5.74, 6) is 0.963. The van der Waals surface area contributed by atoms with E-state index in [0.717, 1.165) is 44.0 Å². The summed E-state index contributed by atoms with van der Waals surface area (Å²) in [4.78, 5) is 13.9.